The van der Waals surface area contributed by atoms with Gasteiger partial charge in [-0.25, -0.2) is 4.98 Å². The maximum absolute atomic E-state index is 11.2. The van der Waals surface area contributed by atoms with Gasteiger partial charge in [-0.2, -0.15) is 5.10 Å². The lowest BCUT2D eigenvalue weighted by atomic mass is 10.4. The predicted molar refractivity (Wildman–Crippen MR) is 51.5 cm³/mol. The predicted octanol–water partition coefficient (Wildman–Crippen LogP) is -0.247. The minimum Gasteiger partial charge on any atom is -0.393 e. The van der Waals surface area contributed by atoms with Gasteiger partial charge in [0.25, 0.3) is 5.56 Å². The lowest BCUT2D eigenvalue weighted by molar-refractivity contribution is 0.768. The zero-order valence-corrected chi connectivity index (χ0v) is 7.56. The average Bonchev–Trinajstić information content (AvgIpc) is 2.57. The molecule has 0 saturated heterocycles. The van der Waals surface area contributed by atoms with E-state index in [0.29, 0.717) is 11.5 Å². The van der Waals surface area contributed by atoms with E-state index in [1.165, 1.54) is 6.20 Å². The Bertz CT molecular complexity index is 512. The second-order valence-electron chi connectivity index (χ2n) is 2.89. The minimum atomic E-state index is -0.347. The van der Waals surface area contributed by atoms with Crippen molar-refractivity contribution in [3.63, 3.8) is 0 Å². The number of rotatable bonds is 1. The summed E-state index contributed by atoms with van der Waals surface area (Å²) in [4.78, 5) is 17.7. The molecule has 0 unspecified atom stereocenters. The second-order valence-corrected chi connectivity index (χ2v) is 2.89. The molecule has 0 saturated carbocycles. The van der Waals surface area contributed by atoms with Gasteiger partial charge in [-0.05, 0) is 6.07 Å². The molecular formula is C8H9N5O. The van der Waals surface area contributed by atoms with Crippen molar-refractivity contribution in [1.82, 2.24) is 19.7 Å². The van der Waals surface area contributed by atoms with Gasteiger partial charge in [-0.3, -0.25) is 9.48 Å². The first-order valence-corrected chi connectivity index (χ1v) is 4.01. The second kappa shape index (κ2) is 2.99. The Morgan fingerprint density at radius 2 is 2.36 bits per heavy atom. The van der Waals surface area contributed by atoms with Crippen LogP contribution in [-0.4, -0.2) is 19.7 Å². The zero-order chi connectivity index (χ0) is 10.1. The van der Waals surface area contributed by atoms with Gasteiger partial charge in [0.15, 0.2) is 5.82 Å². The van der Waals surface area contributed by atoms with Crippen LogP contribution in [0.25, 0.3) is 11.5 Å². The molecule has 0 aromatic carbocycles. The summed E-state index contributed by atoms with van der Waals surface area (Å²) in [5.41, 5.74) is 5.71. The molecule has 0 amide bonds. The number of aromatic nitrogens is 4. The van der Waals surface area contributed by atoms with Gasteiger partial charge in [-0.1, -0.05) is 0 Å². The molecular weight excluding hydrogens is 182 g/mol. The zero-order valence-electron chi connectivity index (χ0n) is 7.56. The third-order valence-corrected chi connectivity index (χ3v) is 1.78. The van der Waals surface area contributed by atoms with Crippen molar-refractivity contribution in [1.29, 1.82) is 0 Å². The number of nitrogens with zero attached hydrogens (tertiary/aromatic N) is 3. The molecule has 0 bridgehead atoms. The van der Waals surface area contributed by atoms with E-state index in [2.05, 4.69) is 15.1 Å². The molecule has 0 aliphatic rings. The Kier molecular flexibility index (Phi) is 1.81. The highest BCUT2D eigenvalue weighted by atomic mass is 16.1. The summed E-state index contributed by atoms with van der Waals surface area (Å²) in [7, 11) is 1.79. The van der Waals surface area contributed by atoms with Crippen LogP contribution in [0.2, 0.25) is 0 Å². The third kappa shape index (κ3) is 1.37. The highest BCUT2D eigenvalue weighted by molar-refractivity contribution is 5.49. The maximum Gasteiger partial charge on any atom is 0.274 e. The molecule has 2 aromatic heterocycles. The molecule has 0 radical (unpaired) electrons. The van der Waals surface area contributed by atoms with Crippen LogP contribution in [0.5, 0.6) is 0 Å². The number of nitrogens with one attached hydrogen (secondary N) is 1. The summed E-state index contributed by atoms with van der Waals surface area (Å²) >= 11 is 0. The summed E-state index contributed by atoms with van der Waals surface area (Å²) in [6.45, 7) is 0. The Hall–Kier alpha value is -2.11. The molecule has 2 aromatic rings. The lowest BCUT2D eigenvalue weighted by Gasteiger charge is -1.95. The number of aryl methyl sites for hydroxylation is 1. The van der Waals surface area contributed by atoms with Crippen LogP contribution in [0.15, 0.2) is 23.3 Å². The molecule has 2 heterocycles. The molecule has 6 nitrogen and oxygen atoms in total. The van der Waals surface area contributed by atoms with Crippen LogP contribution < -0.4 is 11.3 Å². The summed E-state index contributed by atoms with van der Waals surface area (Å²) in [6, 6.07) is 1.76. The standard InChI is InChI=1S/C8H9N5O/c1-13-3-2-6(12-13)7-10-4-5(9)8(14)11-7/h2-4H,9H2,1H3,(H,10,11,14). The molecule has 6 heteroatoms. The monoisotopic (exact) mass is 191 g/mol. The number of nitrogens with two attached hydrogens (primary N) is 1. The molecule has 0 aliphatic heterocycles. The van der Waals surface area contributed by atoms with E-state index in [4.69, 9.17) is 5.73 Å². The van der Waals surface area contributed by atoms with Crippen molar-refractivity contribution in [3.8, 4) is 11.5 Å². The Morgan fingerprint density at radius 1 is 1.57 bits per heavy atom. The average molecular weight is 191 g/mol. The van der Waals surface area contributed by atoms with Gasteiger partial charge in [0.1, 0.15) is 11.4 Å². The fourth-order valence-electron chi connectivity index (χ4n) is 1.08. The summed E-state index contributed by atoms with van der Waals surface area (Å²) in [6.07, 6.45) is 3.09. The molecule has 14 heavy (non-hydrogen) atoms. The number of hydrogen-bond acceptors (Lipinski definition) is 4. The van der Waals surface area contributed by atoms with E-state index in [0.717, 1.165) is 0 Å². The van der Waals surface area contributed by atoms with Crippen molar-refractivity contribution in [3.05, 3.63) is 28.8 Å². The number of nitrogen functional groups attached to an aromatic ring is 1. The van der Waals surface area contributed by atoms with E-state index < -0.39 is 0 Å². The number of anilines is 1. The quantitative estimate of drug-likeness (QED) is 0.650. The summed E-state index contributed by atoms with van der Waals surface area (Å²) < 4.78 is 1.63. The summed E-state index contributed by atoms with van der Waals surface area (Å²) in [5.74, 6) is 0.421. The highest BCUT2D eigenvalue weighted by Gasteiger charge is 2.04. The first kappa shape index (κ1) is 8.49. The normalized spacial score (nSPS) is 10.4. The van der Waals surface area contributed by atoms with Crippen LogP contribution in [0.3, 0.4) is 0 Å². The number of aromatic amines is 1. The molecule has 0 fully saturated rings. The van der Waals surface area contributed by atoms with Crippen LogP contribution in [0.4, 0.5) is 5.69 Å². The van der Waals surface area contributed by atoms with Crippen molar-refractivity contribution < 1.29 is 0 Å². The first-order chi connectivity index (χ1) is 6.66. The van der Waals surface area contributed by atoms with Crippen LogP contribution >= 0.6 is 0 Å². The minimum absolute atomic E-state index is 0.102. The van der Waals surface area contributed by atoms with Crippen molar-refractivity contribution in [2.45, 2.75) is 0 Å². The fraction of sp³-hybridized carbons (Fsp3) is 0.125. The number of hydrogen-bond donors (Lipinski definition) is 2. The Balaban J connectivity index is 2.53. The van der Waals surface area contributed by atoms with Crippen LogP contribution in [0, 0.1) is 0 Å². The fourth-order valence-corrected chi connectivity index (χ4v) is 1.08. The SMILES string of the molecule is Cn1ccc(-c2ncc(N)c(=O)[nH]2)n1. The van der Waals surface area contributed by atoms with Gasteiger partial charge in [-0.15, -0.1) is 0 Å². The van der Waals surface area contributed by atoms with E-state index in [9.17, 15) is 4.79 Å². The van der Waals surface area contributed by atoms with E-state index in [-0.39, 0.29) is 11.2 Å². The van der Waals surface area contributed by atoms with E-state index >= 15 is 0 Å². The van der Waals surface area contributed by atoms with E-state index in [1.54, 1.807) is 24.0 Å². The third-order valence-electron chi connectivity index (χ3n) is 1.78. The maximum atomic E-state index is 11.2. The van der Waals surface area contributed by atoms with Crippen LogP contribution in [0.1, 0.15) is 0 Å². The number of H-pyrrole nitrogens is 1. The summed E-state index contributed by atoms with van der Waals surface area (Å²) in [5, 5.41) is 4.09. The van der Waals surface area contributed by atoms with E-state index in [1.807, 2.05) is 0 Å². The Morgan fingerprint density at radius 3 is 2.93 bits per heavy atom. The molecule has 3 N–H and O–H groups in total. The van der Waals surface area contributed by atoms with Gasteiger partial charge in [0.2, 0.25) is 0 Å². The first-order valence-electron chi connectivity index (χ1n) is 4.01. The van der Waals surface area contributed by atoms with Gasteiger partial charge >= 0.3 is 0 Å². The van der Waals surface area contributed by atoms with Crippen molar-refractivity contribution >= 4 is 5.69 Å². The van der Waals surface area contributed by atoms with Gasteiger partial charge < -0.3 is 10.7 Å². The van der Waals surface area contributed by atoms with Crippen molar-refractivity contribution in [2.24, 2.45) is 7.05 Å². The lowest BCUT2D eigenvalue weighted by Crippen LogP contribution is -2.13. The molecule has 0 spiro atoms. The van der Waals surface area contributed by atoms with Gasteiger partial charge in [0, 0.05) is 13.2 Å². The molecule has 72 valence electrons. The molecule has 0 atom stereocenters. The smallest absolute Gasteiger partial charge is 0.274 e. The highest BCUT2D eigenvalue weighted by Crippen LogP contribution is 2.08. The topological polar surface area (TPSA) is 89.6 Å². The largest absolute Gasteiger partial charge is 0.393 e. The molecule has 2 rings (SSSR count). The van der Waals surface area contributed by atoms with Crippen molar-refractivity contribution in [2.75, 3.05) is 5.73 Å². The Labute approximate surface area is 79.4 Å². The van der Waals surface area contributed by atoms with Gasteiger partial charge in [0.05, 0.1) is 6.20 Å². The molecule has 0 aliphatic carbocycles. The van der Waals surface area contributed by atoms with Crippen LogP contribution in [-0.2, 0) is 7.05 Å².